The van der Waals surface area contributed by atoms with Gasteiger partial charge < -0.3 is 15.0 Å². The average Bonchev–Trinajstić information content (AvgIpc) is 2.80. The number of aromatic nitrogens is 1. The summed E-state index contributed by atoms with van der Waals surface area (Å²) in [6.07, 6.45) is 5.32. The van der Waals surface area contributed by atoms with Gasteiger partial charge >= 0.3 is 0 Å². The minimum Gasteiger partial charge on any atom is -0.480 e. The van der Waals surface area contributed by atoms with E-state index in [1.165, 1.54) is 30.6 Å². The zero-order valence-electron chi connectivity index (χ0n) is 12.4. The Bertz CT molecular complexity index is 405. The fraction of sp³-hybridized carbons (Fsp3) is 0.786. The molecule has 108 valence electrons. The SMILES string of the molecule is COc1nc(N(C)C)sc1CNC1CCCC(C)C1. The van der Waals surface area contributed by atoms with Crippen LogP contribution < -0.4 is 15.0 Å². The summed E-state index contributed by atoms with van der Waals surface area (Å²) in [6, 6.07) is 0.651. The van der Waals surface area contributed by atoms with Crippen LogP contribution in [0.15, 0.2) is 0 Å². The van der Waals surface area contributed by atoms with Gasteiger partial charge in [0.05, 0.1) is 12.0 Å². The molecule has 0 bridgehead atoms. The van der Waals surface area contributed by atoms with E-state index in [0.717, 1.165) is 23.5 Å². The maximum absolute atomic E-state index is 5.37. The Morgan fingerprint density at radius 3 is 2.84 bits per heavy atom. The first-order valence-corrected chi connectivity index (χ1v) is 7.86. The average molecular weight is 283 g/mol. The van der Waals surface area contributed by atoms with Crippen LogP contribution in [0.3, 0.4) is 0 Å². The molecule has 1 fully saturated rings. The molecule has 5 heteroatoms. The van der Waals surface area contributed by atoms with E-state index in [9.17, 15) is 0 Å². The molecule has 1 aliphatic rings. The fourth-order valence-electron chi connectivity index (χ4n) is 2.64. The van der Waals surface area contributed by atoms with Gasteiger partial charge in [0.15, 0.2) is 5.13 Å². The fourth-order valence-corrected chi connectivity index (χ4v) is 3.55. The Morgan fingerprint density at radius 1 is 1.42 bits per heavy atom. The molecule has 1 aromatic heterocycles. The van der Waals surface area contributed by atoms with E-state index in [2.05, 4.69) is 17.2 Å². The van der Waals surface area contributed by atoms with Gasteiger partial charge in [0, 0.05) is 26.7 Å². The molecule has 0 radical (unpaired) electrons. The van der Waals surface area contributed by atoms with Gasteiger partial charge in [-0.1, -0.05) is 31.1 Å². The highest BCUT2D eigenvalue weighted by Crippen LogP contribution is 2.31. The summed E-state index contributed by atoms with van der Waals surface area (Å²) >= 11 is 1.71. The summed E-state index contributed by atoms with van der Waals surface area (Å²) < 4.78 is 5.37. The molecule has 0 aromatic carbocycles. The lowest BCUT2D eigenvalue weighted by molar-refractivity contribution is 0.299. The summed E-state index contributed by atoms with van der Waals surface area (Å²) in [5, 5.41) is 4.67. The second-order valence-corrected chi connectivity index (χ2v) is 6.73. The molecular weight excluding hydrogens is 258 g/mol. The first kappa shape index (κ1) is 14.6. The summed E-state index contributed by atoms with van der Waals surface area (Å²) in [5.74, 6) is 1.62. The standard InChI is InChI=1S/C14H25N3OS/c1-10-6-5-7-11(8-10)15-9-12-13(18-4)16-14(19-12)17(2)3/h10-11,15H,5-9H2,1-4H3. The smallest absolute Gasteiger partial charge is 0.230 e. The van der Waals surface area contributed by atoms with Crippen LogP contribution in [0.25, 0.3) is 0 Å². The largest absolute Gasteiger partial charge is 0.480 e. The second kappa shape index (κ2) is 6.57. The maximum atomic E-state index is 5.37. The van der Waals surface area contributed by atoms with Crippen molar-refractivity contribution >= 4 is 16.5 Å². The number of anilines is 1. The van der Waals surface area contributed by atoms with Crippen molar-refractivity contribution in [2.45, 2.75) is 45.2 Å². The Kier molecular flexibility index (Phi) is 5.05. The number of rotatable bonds is 5. The number of hydrogen-bond acceptors (Lipinski definition) is 5. The predicted molar refractivity (Wildman–Crippen MR) is 81.3 cm³/mol. The van der Waals surface area contributed by atoms with Crippen LogP contribution in [-0.2, 0) is 6.54 Å². The molecule has 0 aliphatic heterocycles. The molecule has 1 N–H and O–H groups in total. The van der Waals surface area contributed by atoms with Gasteiger partial charge in [0.1, 0.15) is 0 Å². The molecule has 0 amide bonds. The van der Waals surface area contributed by atoms with Crippen LogP contribution in [0.2, 0.25) is 0 Å². The van der Waals surface area contributed by atoms with Crippen molar-refractivity contribution in [2.24, 2.45) is 5.92 Å². The Labute approximate surface area is 120 Å². The molecular formula is C14H25N3OS. The summed E-state index contributed by atoms with van der Waals surface area (Å²) in [5.41, 5.74) is 0. The number of nitrogens with zero attached hydrogens (tertiary/aromatic N) is 2. The molecule has 1 aromatic rings. The molecule has 1 heterocycles. The Balaban J connectivity index is 1.94. The minimum absolute atomic E-state index is 0.651. The zero-order chi connectivity index (χ0) is 13.8. The van der Waals surface area contributed by atoms with Crippen molar-refractivity contribution in [3.63, 3.8) is 0 Å². The molecule has 0 saturated heterocycles. The van der Waals surface area contributed by atoms with Gasteiger partial charge in [0.25, 0.3) is 0 Å². The molecule has 1 aliphatic carbocycles. The number of ether oxygens (including phenoxy) is 1. The normalized spacial score (nSPS) is 23.4. The number of nitrogens with one attached hydrogen (secondary N) is 1. The van der Waals surface area contributed by atoms with Crippen molar-refractivity contribution in [2.75, 3.05) is 26.1 Å². The van der Waals surface area contributed by atoms with Crippen LogP contribution >= 0.6 is 11.3 Å². The van der Waals surface area contributed by atoms with Gasteiger partial charge in [-0.25, -0.2) is 0 Å². The lowest BCUT2D eigenvalue weighted by atomic mass is 9.87. The van der Waals surface area contributed by atoms with E-state index >= 15 is 0 Å². The maximum Gasteiger partial charge on any atom is 0.230 e. The second-order valence-electron chi connectivity index (χ2n) is 5.67. The molecule has 2 unspecified atom stereocenters. The Hall–Kier alpha value is -0.810. The van der Waals surface area contributed by atoms with Crippen molar-refractivity contribution in [1.82, 2.24) is 10.3 Å². The van der Waals surface area contributed by atoms with Crippen molar-refractivity contribution in [1.29, 1.82) is 0 Å². The van der Waals surface area contributed by atoms with Crippen LogP contribution in [0.4, 0.5) is 5.13 Å². The molecule has 2 rings (SSSR count). The zero-order valence-corrected chi connectivity index (χ0v) is 13.2. The van der Waals surface area contributed by atoms with Crippen molar-refractivity contribution in [3.8, 4) is 5.88 Å². The van der Waals surface area contributed by atoms with Gasteiger partial charge in [-0.3, -0.25) is 0 Å². The third kappa shape index (κ3) is 3.83. The van der Waals surface area contributed by atoms with Gasteiger partial charge in [-0.15, -0.1) is 0 Å². The van der Waals surface area contributed by atoms with Crippen LogP contribution in [0.5, 0.6) is 5.88 Å². The summed E-state index contributed by atoms with van der Waals surface area (Å²) in [7, 11) is 5.72. The van der Waals surface area contributed by atoms with Gasteiger partial charge in [-0.2, -0.15) is 4.98 Å². The first-order chi connectivity index (χ1) is 9.10. The number of hydrogen-bond donors (Lipinski definition) is 1. The lowest BCUT2D eigenvalue weighted by Crippen LogP contribution is -2.32. The van der Waals surface area contributed by atoms with E-state index in [4.69, 9.17) is 4.74 Å². The highest BCUT2D eigenvalue weighted by molar-refractivity contribution is 7.15. The van der Waals surface area contributed by atoms with E-state index in [-0.39, 0.29) is 0 Å². The van der Waals surface area contributed by atoms with E-state index in [1.807, 2.05) is 19.0 Å². The lowest BCUT2D eigenvalue weighted by Gasteiger charge is -2.27. The van der Waals surface area contributed by atoms with Crippen LogP contribution in [0.1, 0.15) is 37.5 Å². The van der Waals surface area contributed by atoms with Crippen molar-refractivity contribution in [3.05, 3.63) is 4.88 Å². The van der Waals surface area contributed by atoms with Crippen LogP contribution in [-0.4, -0.2) is 32.2 Å². The quantitative estimate of drug-likeness (QED) is 0.901. The number of methoxy groups -OCH3 is 1. The third-order valence-electron chi connectivity index (χ3n) is 3.71. The summed E-state index contributed by atoms with van der Waals surface area (Å²) in [4.78, 5) is 7.71. The molecule has 2 atom stereocenters. The van der Waals surface area contributed by atoms with Crippen LogP contribution in [0, 0.1) is 5.92 Å². The van der Waals surface area contributed by atoms with E-state index < -0.39 is 0 Å². The monoisotopic (exact) mass is 283 g/mol. The highest BCUT2D eigenvalue weighted by atomic mass is 32.1. The van der Waals surface area contributed by atoms with E-state index in [0.29, 0.717) is 6.04 Å². The predicted octanol–water partition coefficient (Wildman–Crippen LogP) is 2.89. The van der Waals surface area contributed by atoms with Gasteiger partial charge in [0.2, 0.25) is 5.88 Å². The van der Waals surface area contributed by atoms with E-state index in [1.54, 1.807) is 18.4 Å². The number of thiazole rings is 1. The summed E-state index contributed by atoms with van der Waals surface area (Å²) in [6.45, 7) is 3.22. The van der Waals surface area contributed by atoms with Crippen molar-refractivity contribution < 1.29 is 4.74 Å². The molecule has 19 heavy (non-hydrogen) atoms. The third-order valence-corrected chi connectivity index (χ3v) is 4.92. The minimum atomic E-state index is 0.651. The molecule has 4 nitrogen and oxygen atoms in total. The topological polar surface area (TPSA) is 37.4 Å². The first-order valence-electron chi connectivity index (χ1n) is 7.04. The highest BCUT2D eigenvalue weighted by Gasteiger charge is 2.20. The molecule has 0 spiro atoms. The Morgan fingerprint density at radius 2 is 2.21 bits per heavy atom. The van der Waals surface area contributed by atoms with Gasteiger partial charge in [-0.05, 0) is 18.8 Å². The molecule has 1 saturated carbocycles.